The standard InChI is InChI=1S/C24H28N4O3/c1-26-13-15(10-20(26)29)23(31)27-8-6-24(7-9-27)11-18(22(24)30)21-17-5-3-2-4-16(17)19-12-25-14-28(19)21/h2-5,12,14-15,18,21-22,30H,6-11,13H2,1H3/t15?,18-,21?,22+/m0/s1. The second kappa shape index (κ2) is 6.66. The lowest BCUT2D eigenvalue weighted by Gasteiger charge is -2.58. The summed E-state index contributed by atoms with van der Waals surface area (Å²) >= 11 is 0. The number of aliphatic hydroxyl groups is 1. The molecule has 1 aliphatic carbocycles. The molecule has 2 saturated heterocycles. The van der Waals surface area contributed by atoms with Crippen LogP contribution in [0.15, 0.2) is 36.8 Å². The summed E-state index contributed by atoms with van der Waals surface area (Å²) in [4.78, 5) is 32.6. The van der Waals surface area contributed by atoms with Gasteiger partial charge in [-0.15, -0.1) is 0 Å². The van der Waals surface area contributed by atoms with Crippen molar-refractivity contribution in [2.24, 2.45) is 17.3 Å². The van der Waals surface area contributed by atoms with Gasteiger partial charge in [-0.05, 0) is 24.8 Å². The zero-order chi connectivity index (χ0) is 21.3. The highest BCUT2D eigenvalue weighted by Gasteiger charge is 2.58. The zero-order valence-corrected chi connectivity index (χ0v) is 17.8. The van der Waals surface area contributed by atoms with Crippen molar-refractivity contribution in [3.63, 3.8) is 0 Å². The van der Waals surface area contributed by atoms with E-state index in [9.17, 15) is 14.7 Å². The lowest BCUT2D eigenvalue weighted by Crippen LogP contribution is -2.60. The smallest absolute Gasteiger partial charge is 0.227 e. The Bertz CT molecular complexity index is 1050. The predicted molar refractivity (Wildman–Crippen MR) is 114 cm³/mol. The number of aromatic nitrogens is 2. The van der Waals surface area contributed by atoms with E-state index in [0.29, 0.717) is 26.1 Å². The number of hydrogen-bond acceptors (Lipinski definition) is 4. The van der Waals surface area contributed by atoms with E-state index in [2.05, 4.69) is 33.8 Å². The number of carbonyl (C=O) groups is 2. The molecule has 7 nitrogen and oxygen atoms in total. The summed E-state index contributed by atoms with van der Waals surface area (Å²) in [7, 11) is 1.76. The highest BCUT2D eigenvalue weighted by molar-refractivity contribution is 5.89. The Hall–Kier alpha value is -2.67. The van der Waals surface area contributed by atoms with Crippen molar-refractivity contribution in [2.45, 2.75) is 37.8 Å². The third-order valence-corrected chi connectivity index (χ3v) is 8.36. The molecule has 2 aromatic rings. The summed E-state index contributed by atoms with van der Waals surface area (Å²) in [6.07, 6.45) is 6.38. The molecule has 3 fully saturated rings. The van der Waals surface area contributed by atoms with Crippen molar-refractivity contribution in [1.82, 2.24) is 19.4 Å². The highest BCUT2D eigenvalue weighted by atomic mass is 16.3. The minimum atomic E-state index is -0.379. The molecule has 0 radical (unpaired) electrons. The third-order valence-electron chi connectivity index (χ3n) is 8.36. The topological polar surface area (TPSA) is 78.7 Å². The van der Waals surface area contributed by atoms with Gasteiger partial charge in [0.15, 0.2) is 0 Å². The Morgan fingerprint density at radius 2 is 2.00 bits per heavy atom. The lowest BCUT2D eigenvalue weighted by molar-refractivity contribution is -0.166. The molecule has 162 valence electrons. The summed E-state index contributed by atoms with van der Waals surface area (Å²) in [5.41, 5.74) is 3.53. The highest BCUT2D eigenvalue weighted by Crippen LogP contribution is 2.59. The fourth-order valence-electron chi connectivity index (χ4n) is 6.55. The van der Waals surface area contributed by atoms with Gasteiger partial charge in [0.1, 0.15) is 0 Å². The molecule has 4 aliphatic rings. The van der Waals surface area contributed by atoms with Crippen LogP contribution >= 0.6 is 0 Å². The molecule has 4 atom stereocenters. The number of aliphatic hydroxyl groups excluding tert-OH is 1. The molecule has 7 heteroatoms. The minimum absolute atomic E-state index is 0.0554. The van der Waals surface area contributed by atoms with Gasteiger partial charge in [0.2, 0.25) is 11.8 Å². The molecule has 0 bridgehead atoms. The molecule has 4 heterocycles. The first-order chi connectivity index (χ1) is 15.0. The van der Waals surface area contributed by atoms with Crippen LogP contribution in [0.3, 0.4) is 0 Å². The van der Waals surface area contributed by atoms with Gasteiger partial charge >= 0.3 is 0 Å². The first-order valence-corrected chi connectivity index (χ1v) is 11.3. The number of piperidine rings is 1. The number of amides is 2. The van der Waals surface area contributed by atoms with Gasteiger partial charge < -0.3 is 19.5 Å². The van der Waals surface area contributed by atoms with Gasteiger partial charge in [0.05, 0.1) is 36.3 Å². The number of rotatable bonds is 2. The molecular weight excluding hydrogens is 392 g/mol. The SMILES string of the molecule is CN1CC(C(=O)N2CCC3(CC2)C[C@@H](C2c4ccccc4-c4cncn42)[C@H]3O)CC1=O. The van der Waals surface area contributed by atoms with E-state index in [-0.39, 0.29) is 41.2 Å². The molecule has 2 unspecified atom stereocenters. The number of nitrogens with zero attached hydrogens (tertiary/aromatic N) is 4. The van der Waals surface area contributed by atoms with Crippen LogP contribution < -0.4 is 0 Å². The average molecular weight is 421 g/mol. The van der Waals surface area contributed by atoms with Crippen LogP contribution in [-0.4, -0.2) is 69.1 Å². The second-order valence-electron chi connectivity index (χ2n) is 9.89. The maximum absolute atomic E-state index is 12.9. The van der Waals surface area contributed by atoms with Gasteiger partial charge in [-0.1, -0.05) is 24.3 Å². The van der Waals surface area contributed by atoms with Gasteiger partial charge in [0, 0.05) is 50.0 Å². The Kier molecular flexibility index (Phi) is 4.09. The van der Waals surface area contributed by atoms with Crippen LogP contribution in [0, 0.1) is 17.3 Å². The Morgan fingerprint density at radius 3 is 2.71 bits per heavy atom. The van der Waals surface area contributed by atoms with Crippen molar-refractivity contribution in [2.75, 3.05) is 26.7 Å². The van der Waals surface area contributed by atoms with Crippen LogP contribution in [0.4, 0.5) is 0 Å². The van der Waals surface area contributed by atoms with E-state index < -0.39 is 0 Å². The Labute approximate surface area is 181 Å². The number of benzene rings is 1. The predicted octanol–water partition coefficient (Wildman–Crippen LogP) is 1.92. The number of hydrogen-bond donors (Lipinski definition) is 1. The average Bonchev–Trinajstić information content (AvgIpc) is 3.47. The number of carbonyl (C=O) groups excluding carboxylic acids is 2. The summed E-state index contributed by atoms with van der Waals surface area (Å²) in [5, 5.41) is 11.3. The van der Waals surface area contributed by atoms with Gasteiger partial charge in [-0.2, -0.15) is 0 Å². The third kappa shape index (κ3) is 2.65. The molecule has 3 aliphatic heterocycles. The molecular formula is C24H28N4O3. The van der Waals surface area contributed by atoms with Gasteiger partial charge in [0.25, 0.3) is 0 Å². The van der Waals surface area contributed by atoms with Crippen LogP contribution in [0.25, 0.3) is 11.3 Å². The van der Waals surface area contributed by atoms with Crippen molar-refractivity contribution >= 4 is 11.8 Å². The minimum Gasteiger partial charge on any atom is -0.392 e. The monoisotopic (exact) mass is 420 g/mol. The fourth-order valence-corrected chi connectivity index (χ4v) is 6.55. The van der Waals surface area contributed by atoms with Crippen molar-refractivity contribution in [3.8, 4) is 11.3 Å². The maximum atomic E-state index is 12.9. The normalized spacial score (nSPS) is 31.0. The van der Waals surface area contributed by atoms with Crippen LogP contribution in [0.2, 0.25) is 0 Å². The Balaban J connectivity index is 1.15. The maximum Gasteiger partial charge on any atom is 0.227 e. The van der Waals surface area contributed by atoms with E-state index in [1.807, 2.05) is 17.4 Å². The number of likely N-dealkylation sites (tertiary alicyclic amines) is 2. The number of imidazole rings is 1. The van der Waals surface area contributed by atoms with Gasteiger partial charge in [-0.3, -0.25) is 9.59 Å². The lowest BCUT2D eigenvalue weighted by atomic mass is 9.53. The molecule has 2 amide bonds. The summed E-state index contributed by atoms with van der Waals surface area (Å²) in [6, 6.07) is 8.57. The van der Waals surface area contributed by atoms with E-state index in [0.717, 1.165) is 25.0 Å². The van der Waals surface area contributed by atoms with Crippen molar-refractivity contribution in [1.29, 1.82) is 0 Å². The summed E-state index contributed by atoms with van der Waals surface area (Å²) < 4.78 is 2.22. The van der Waals surface area contributed by atoms with Crippen LogP contribution in [-0.2, 0) is 9.59 Å². The first kappa shape index (κ1) is 19.0. The van der Waals surface area contributed by atoms with Gasteiger partial charge in [-0.25, -0.2) is 4.98 Å². The molecule has 1 saturated carbocycles. The molecule has 6 rings (SSSR count). The van der Waals surface area contributed by atoms with Crippen molar-refractivity contribution in [3.05, 3.63) is 42.4 Å². The summed E-state index contributed by atoms with van der Waals surface area (Å²) in [6.45, 7) is 1.88. The van der Waals surface area contributed by atoms with E-state index in [1.165, 1.54) is 11.1 Å². The van der Waals surface area contributed by atoms with Crippen LogP contribution in [0.5, 0.6) is 0 Å². The van der Waals surface area contributed by atoms with Crippen molar-refractivity contribution < 1.29 is 14.7 Å². The molecule has 1 aromatic heterocycles. The van der Waals surface area contributed by atoms with Crippen LogP contribution in [0.1, 0.15) is 37.3 Å². The zero-order valence-electron chi connectivity index (χ0n) is 17.8. The summed E-state index contributed by atoms with van der Waals surface area (Å²) in [5.74, 6) is 0.116. The largest absolute Gasteiger partial charge is 0.392 e. The molecule has 31 heavy (non-hydrogen) atoms. The van der Waals surface area contributed by atoms with E-state index in [1.54, 1.807) is 11.9 Å². The molecule has 1 N–H and O–H groups in total. The number of fused-ring (bicyclic) bond motifs is 3. The Morgan fingerprint density at radius 1 is 1.23 bits per heavy atom. The quantitative estimate of drug-likeness (QED) is 0.805. The van der Waals surface area contributed by atoms with E-state index in [4.69, 9.17) is 0 Å². The molecule has 1 aromatic carbocycles. The second-order valence-corrected chi connectivity index (χ2v) is 9.89. The molecule has 1 spiro atoms. The van der Waals surface area contributed by atoms with E-state index >= 15 is 0 Å². The fraction of sp³-hybridized carbons (Fsp3) is 0.542. The first-order valence-electron chi connectivity index (χ1n) is 11.3.